The number of hydrogen-bond acceptors (Lipinski definition) is 5. The molecule has 0 saturated carbocycles. The van der Waals surface area contributed by atoms with Crippen LogP contribution >= 0.6 is 0 Å². The van der Waals surface area contributed by atoms with Crippen LogP contribution in [0, 0.1) is 18.8 Å². The van der Waals surface area contributed by atoms with Crippen LogP contribution in [0.5, 0.6) is 0 Å². The lowest BCUT2D eigenvalue weighted by atomic mass is 9.92. The highest BCUT2D eigenvalue weighted by molar-refractivity contribution is 7.89. The number of hydrogen-bond donors (Lipinski definition) is 0. The number of aryl methyl sites for hydroxylation is 1. The Bertz CT molecular complexity index is 806. The molecule has 0 radical (unpaired) electrons. The van der Waals surface area contributed by atoms with Crippen molar-refractivity contribution in [3.8, 4) is 0 Å². The van der Waals surface area contributed by atoms with Crippen molar-refractivity contribution in [3.63, 3.8) is 0 Å². The van der Waals surface area contributed by atoms with Crippen LogP contribution in [0.2, 0.25) is 0 Å². The summed E-state index contributed by atoms with van der Waals surface area (Å²) >= 11 is 0. The largest absolute Gasteiger partial charge is 0.469 e. The zero-order valence-corrected chi connectivity index (χ0v) is 17.3. The highest BCUT2D eigenvalue weighted by Gasteiger charge is 2.35. The number of nitrogens with zero attached hydrogens (tertiary/aromatic N) is 2. The smallest absolute Gasteiger partial charge is 0.308 e. The Morgan fingerprint density at radius 1 is 0.929 bits per heavy atom. The quantitative estimate of drug-likeness (QED) is 0.710. The van der Waals surface area contributed by atoms with Crippen LogP contribution in [0.4, 0.5) is 0 Å². The van der Waals surface area contributed by atoms with Crippen LogP contribution in [-0.2, 0) is 24.3 Å². The maximum absolute atomic E-state index is 12.8. The molecule has 1 aromatic rings. The van der Waals surface area contributed by atoms with Gasteiger partial charge in [0.15, 0.2) is 0 Å². The van der Waals surface area contributed by atoms with E-state index in [1.54, 1.807) is 24.3 Å². The second kappa shape index (κ2) is 8.61. The van der Waals surface area contributed by atoms with Crippen LogP contribution in [-0.4, -0.2) is 62.8 Å². The average Bonchev–Trinajstić information content (AvgIpc) is 2.73. The fourth-order valence-corrected chi connectivity index (χ4v) is 5.43. The summed E-state index contributed by atoms with van der Waals surface area (Å²) in [5, 5.41) is 0. The van der Waals surface area contributed by atoms with E-state index < -0.39 is 10.0 Å². The predicted molar refractivity (Wildman–Crippen MR) is 104 cm³/mol. The molecule has 2 fully saturated rings. The van der Waals surface area contributed by atoms with E-state index in [9.17, 15) is 18.0 Å². The predicted octanol–water partition coefficient (Wildman–Crippen LogP) is 1.81. The molecule has 0 unspecified atom stereocenters. The van der Waals surface area contributed by atoms with Gasteiger partial charge in [-0.2, -0.15) is 4.31 Å². The van der Waals surface area contributed by atoms with E-state index in [1.165, 1.54) is 11.4 Å². The van der Waals surface area contributed by atoms with E-state index in [1.807, 2.05) is 11.8 Å². The van der Waals surface area contributed by atoms with Gasteiger partial charge in [-0.3, -0.25) is 9.59 Å². The van der Waals surface area contributed by atoms with E-state index in [0.717, 1.165) is 5.56 Å². The molecule has 2 aliphatic rings. The molecule has 7 nitrogen and oxygen atoms in total. The van der Waals surface area contributed by atoms with Crippen LogP contribution in [0.15, 0.2) is 29.2 Å². The summed E-state index contributed by atoms with van der Waals surface area (Å²) in [7, 11) is -2.13. The summed E-state index contributed by atoms with van der Waals surface area (Å²) in [6.45, 7) is 3.74. The number of carbonyl (C=O) groups excluding carboxylic acids is 2. The van der Waals surface area contributed by atoms with Gasteiger partial charge in [0, 0.05) is 32.1 Å². The van der Waals surface area contributed by atoms with Gasteiger partial charge in [-0.05, 0) is 44.7 Å². The summed E-state index contributed by atoms with van der Waals surface area (Å²) < 4.78 is 31.8. The Balaban J connectivity index is 1.54. The third kappa shape index (κ3) is 4.38. The fraction of sp³-hybridized carbons (Fsp3) is 0.600. The molecule has 154 valence electrons. The number of benzene rings is 1. The maximum Gasteiger partial charge on any atom is 0.308 e. The second-order valence-electron chi connectivity index (χ2n) is 7.61. The number of piperidine rings is 2. The summed E-state index contributed by atoms with van der Waals surface area (Å²) in [5.41, 5.74) is 1.01. The lowest BCUT2D eigenvalue weighted by Crippen LogP contribution is -2.47. The Morgan fingerprint density at radius 3 is 2.00 bits per heavy atom. The third-order valence-electron chi connectivity index (χ3n) is 5.80. The Kier molecular flexibility index (Phi) is 6.40. The third-order valence-corrected chi connectivity index (χ3v) is 7.72. The Labute approximate surface area is 166 Å². The van der Waals surface area contributed by atoms with Gasteiger partial charge in [-0.15, -0.1) is 0 Å². The van der Waals surface area contributed by atoms with E-state index in [2.05, 4.69) is 0 Å². The molecule has 8 heteroatoms. The van der Waals surface area contributed by atoms with E-state index in [4.69, 9.17) is 4.74 Å². The van der Waals surface area contributed by atoms with Crippen molar-refractivity contribution in [2.24, 2.45) is 11.8 Å². The molecule has 2 aliphatic heterocycles. The zero-order chi connectivity index (χ0) is 20.3. The minimum atomic E-state index is -3.52. The molecule has 1 aromatic carbocycles. The maximum atomic E-state index is 12.8. The van der Waals surface area contributed by atoms with Gasteiger partial charge in [0.1, 0.15) is 0 Å². The number of likely N-dealkylation sites (tertiary alicyclic amines) is 1. The molecule has 2 heterocycles. The summed E-state index contributed by atoms with van der Waals surface area (Å²) in [6.07, 6.45) is 2.31. The Hall–Kier alpha value is -1.93. The van der Waals surface area contributed by atoms with Crippen LogP contribution in [0.25, 0.3) is 0 Å². The van der Waals surface area contributed by atoms with Gasteiger partial charge in [0.25, 0.3) is 0 Å². The SMILES string of the molecule is COC(=O)C1CCN(C(=O)C2CCN(S(=O)(=O)c3ccc(C)cc3)CC2)CC1. The number of rotatable bonds is 4. The van der Waals surface area contributed by atoms with E-state index in [0.29, 0.717) is 56.8 Å². The van der Waals surface area contributed by atoms with Gasteiger partial charge in [0.2, 0.25) is 15.9 Å². The van der Waals surface area contributed by atoms with Crippen molar-refractivity contribution < 1.29 is 22.7 Å². The van der Waals surface area contributed by atoms with Crippen molar-refractivity contribution >= 4 is 21.9 Å². The molecule has 0 atom stereocenters. The average molecular weight is 409 g/mol. The first kappa shape index (κ1) is 20.8. The van der Waals surface area contributed by atoms with Crippen LogP contribution in [0.1, 0.15) is 31.2 Å². The van der Waals surface area contributed by atoms with Crippen molar-refractivity contribution in [1.82, 2.24) is 9.21 Å². The second-order valence-corrected chi connectivity index (χ2v) is 9.55. The summed E-state index contributed by atoms with van der Waals surface area (Å²) in [5.74, 6) is -0.410. The van der Waals surface area contributed by atoms with Crippen LogP contribution in [0.3, 0.4) is 0 Å². The first-order valence-corrected chi connectivity index (χ1v) is 11.2. The molecule has 0 spiro atoms. The first-order chi connectivity index (χ1) is 13.3. The van der Waals surface area contributed by atoms with Crippen molar-refractivity contribution in [3.05, 3.63) is 29.8 Å². The Morgan fingerprint density at radius 2 is 1.46 bits per heavy atom. The van der Waals surface area contributed by atoms with Gasteiger partial charge >= 0.3 is 5.97 Å². The number of amides is 1. The molecule has 0 aliphatic carbocycles. The molecule has 0 N–H and O–H groups in total. The summed E-state index contributed by atoms with van der Waals surface area (Å²) in [4.78, 5) is 26.5. The molecule has 0 bridgehead atoms. The molecule has 28 heavy (non-hydrogen) atoms. The molecule has 0 aromatic heterocycles. The monoisotopic (exact) mass is 408 g/mol. The standard InChI is InChI=1S/C20H28N2O5S/c1-15-3-5-18(6-4-15)28(25,26)22-13-9-16(10-14-22)19(23)21-11-7-17(8-12-21)20(24)27-2/h3-6,16-17H,7-14H2,1-2H3. The highest BCUT2D eigenvalue weighted by atomic mass is 32.2. The zero-order valence-electron chi connectivity index (χ0n) is 16.5. The number of esters is 1. The minimum absolute atomic E-state index is 0.0794. The lowest BCUT2D eigenvalue weighted by molar-refractivity contribution is -0.149. The number of carbonyl (C=O) groups is 2. The number of sulfonamides is 1. The molecule has 3 rings (SSSR count). The van der Waals surface area contributed by atoms with Gasteiger partial charge in [0.05, 0.1) is 17.9 Å². The van der Waals surface area contributed by atoms with Crippen molar-refractivity contribution in [2.75, 3.05) is 33.3 Å². The fourth-order valence-electron chi connectivity index (χ4n) is 3.96. The number of ether oxygens (including phenoxy) is 1. The number of methoxy groups -OCH3 is 1. The molecule has 2 saturated heterocycles. The minimum Gasteiger partial charge on any atom is -0.469 e. The highest BCUT2D eigenvalue weighted by Crippen LogP contribution is 2.27. The van der Waals surface area contributed by atoms with Gasteiger partial charge < -0.3 is 9.64 Å². The van der Waals surface area contributed by atoms with Crippen molar-refractivity contribution in [2.45, 2.75) is 37.5 Å². The van der Waals surface area contributed by atoms with Crippen molar-refractivity contribution in [1.29, 1.82) is 0 Å². The first-order valence-electron chi connectivity index (χ1n) is 9.76. The normalized spacial score (nSPS) is 20.1. The molecule has 1 amide bonds. The van der Waals surface area contributed by atoms with Gasteiger partial charge in [-0.25, -0.2) is 8.42 Å². The van der Waals surface area contributed by atoms with E-state index >= 15 is 0 Å². The molecular weight excluding hydrogens is 380 g/mol. The topological polar surface area (TPSA) is 84.0 Å². The van der Waals surface area contributed by atoms with E-state index in [-0.39, 0.29) is 23.7 Å². The molecular formula is C20H28N2O5S. The van der Waals surface area contributed by atoms with Gasteiger partial charge in [-0.1, -0.05) is 17.7 Å². The summed E-state index contributed by atoms with van der Waals surface area (Å²) in [6, 6.07) is 6.85. The van der Waals surface area contributed by atoms with Crippen LogP contribution < -0.4 is 0 Å². The lowest BCUT2D eigenvalue weighted by Gasteiger charge is -2.36.